The molecule has 0 bridgehead atoms. The monoisotopic (exact) mass is 328 g/mol. The Morgan fingerprint density at radius 2 is 2.00 bits per heavy atom. The summed E-state index contributed by atoms with van der Waals surface area (Å²) in [4.78, 5) is 29.5. The minimum absolute atomic E-state index is 0.0189. The van der Waals surface area contributed by atoms with Crippen LogP contribution in [0.1, 0.15) is 24.7 Å². The second-order valence-corrected chi connectivity index (χ2v) is 5.77. The van der Waals surface area contributed by atoms with Crippen LogP contribution in [0.3, 0.4) is 0 Å². The molecule has 0 atom stereocenters. The highest BCUT2D eigenvalue weighted by Gasteiger charge is 2.16. The molecule has 0 spiro atoms. The van der Waals surface area contributed by atoms with Gasteiger partial charge in [-0.2, -0.15) is 0 Å². The molecule has 2 rings (SSSR count). The van der Waals surface area contributed by atoms with Crippen molar-refractivity contribution < 1.29 is 9.59 Å². The maximum atomic E-state index is 12.4. The highest BCUT2D eigenvalue weighted by Crippen LogP contribution is 2.07. The first-order valence-corrected chi connectivity index (χ1v) is 8.08. The van der Waals surface area contributed by atoms with Gasteiger partial charge in [-0.25, -0.2) is 4.98 Å². The van der Waals surface area contributed by atoms with Crippen LogP contribution in [0.5, 0.6) is 0 Å². The number of amides is 2. The van der Waals surface area contributed by atoms with E-state index in [0.717, 1.165) is 18.7 Å². The summed E-state index contributed by atoms with van der Waals surface area (Å²) in [6.45, 7) is 2.49. The summed E-state index contributed by atoms with van der Waals surface area (Å²) in [7, 11) is 1.91. The van der Waals surface area contributed by atoms with E-state index in [0.29, 0.717) is 13.1 Å². The third-order valence-electron chi connectivity index (χ3n) is 3.83. The van der Waals surface area contributed by atoms with Crippen molar-refractivity contribution in [2.45, 2.75) is 26.3 Å². The molecule has 0 saturated heterocycles. The summed E-state index contributed by atoms with van der Waals surface area (Å²) >= 11 is 0. The van der Waals surface area contributed by atoms with Gasteiger partial charge >= 0.3 is 0 Å². The number of nitrogens with zero attached hydrogens (tertiary/aromatic N) is 3. The Kier molecular flexibility index (Phi) is 6.54. The van der Waals surface area contributed by atoms with Gasteiger partial charge in [0.2, 0.25) is 11.8 Å². The molecule has 1 N–H and O–H groups in total. The molecule has 2 aromatic rings. The first-order valence-electron chi connectivity index (χ1n) is 8.08. The molecular weight excluding hydrogens is 304 g/mol. The number of aryl methyl sites for hydroxylation is 2. The third kappa shape index (κ3) is 5.53. The molecule has 0 unspecified atom stereocenters. The number of imidazole rings is 1. The second-order valence-electron chi connectivity index (χ2n) is 5.77. The Morgan fingerprint density at radius 3 is 2.62 bits per heavy atom. The van der Waals surface area contributed by atoms with Gasteiger partial charge in [0.25, 0.3) is 0 Å². The van der Waals surface area contributed by atoms with Crippen LogP contribution in [0.15, 0.2) is 42.7 Å². The van der Waals surface area contributed by atoms with Crippen LogP contribution in [0.2, 0.25) is 0 Å². The van der Waals surface area contributed by atoms with Gasteiger partial charge in [-0.3, -0.25) is 9.59 Å². The van der Waals surface area contributed by atoms with Crippen LogP contribution in [0.4, 0.5) is 0 Å². The first kappa shape index (κ1) is 17.7. The number of hydrogen-bond acceptors (Lipinski definition) is 3. The average Bonchev–Trinajstić information content (AvgIpc) is 2.97. The average molecular weight is 328 g/mol. The molecule has 0 aliphatic heterocycles. The fraction of sp³-hybridized carbons (Fsp3) is 0.389. The molecule has 24 heavy (non-hydrogen) atoms. The normalized spacial score (nSPS) is 10.4. The van der Waals surface area contributed by atoms with Crippen LogP contribution >= 0.6 is 0 Å². The quantitative estimate of drug-likeness (QED) is 0.799. The lowest BCUT2D eigenvalue weighted by molar-refractivity contribution is -0.133. The number of rotatable bonds is 8. The number of nitrogens with one attached hydrogen (secondary N) is 1. The number of benzene rings is 1. The summed E-state index contributed by atoms with van der Waals surface area (Å²) in [5.74, 6) is 0.525. The van der Waals surface area contributed by atoms with Crippen molar-refractivity contribution in [2.75, 3.05) is 13.1 Å². The Balaban J connectivity index is 1.94. The van der Waals surface area contributed by atoms with Gasteiger partial charge in [-0.1, -0.05) is 30.3 Å². The van der Waals surface area contributed by atoms with Crippen molar-refractivity contribution in [2.24, 2.45) is 7.05 Å². The number of carbonyl (C=O) groups is 2. The molecule has 0 radical (unpaired) electrons. The topological polar surface area (TPSA) is 67.2 Å². The largest absolute Gasteiger partial charge is 0.347 e. The van der Waals surface area contributed by atoms with Crippen molar-refractivity contribution in [3.8, 4) is 0 Å². The highest BCUT2D eigenvalue weighted by molar-refractivity contribution is 5.83. The van der Waals surface area contributed by atoms with Crippen LogP contribution in [0, 0.1) is 0 Å². The zero-order valence-electron chi connectivity index (χ0n) is 14.2. The Morgan fingerprint density at radius 1 is 1.25 bits per heavy atom. The van der Waals surface area contributed by atoms with Crippen LogP contribution in [-0.2, 0) is 29.6 Å². The molecule has 0 aliphatic carbocycles. The molecule has 0 aliphatic rings. The SMILES string of the molecule is CC(=O)NCC(=O)N(CCCc1ccccc1)Cc1nccn1C. The van der Waals surface area contributed by atoms with Crippen LogP contribution in [0.25, 0.3) is 0 Å². The van der Waals surface area contributed by atoms with E-state index in [1.807, 2.05) is 36.0 Å². The fourth-order valence-electron chi connectivity index (χ4n) is 2.44. The smallest absolute Gasteiger partial charge is 0.242 e. The number of carbonyl (C=O) groups excluding carboxylic acids is 2. The Hall–Kier alpha value is -2.63. The molecule has 1 aromatic heterocycles. The molecule has 0 fully saturated rings. The molecule has 2 amide bonds. The van der Waals surface area contributed by atoms with Crippen molar-refractivity contribution >= 4 is 11.8 Å². The summed E-state index contributed by atoms with van der Waals surface area (Å²) < 4.78 is 1.90. The Bertz CT molecular complexity index is 667. The van der Waals surface area contributed by atoms with E-state index in [2.05, 4.69) is 22.4 Å². The van der Waals surface area contributed by atoms with Gasteiger partial charge in [0.1, 0.15) is 5.82 Å². The molecule has 1 heterocycles. The molecule has 0 saturated carbocycles. The lowest BCUT2D eigenvalue weighted by Crippen LogP contribution is -2.40. The van der Waals surface area contributed by atoms with Crippen molar-refractivity contribution in [3.63, 3.8) is 0 Å². The van der Waals surface area contributed by atoms with E-state index in [4.69, 9.17) is 0 Å². The van der Waals surface area contributed by atoms with E-state index in [1.54, 1.807) is 11.1 Å². The molecule has 128 valence electrons. The summed E-state index contributed by atoms with van der Waals surface area (Å²) in [5, 5.41) is 2.57. The minimum Gasteiger partial charge on any atom is -0.347 e. The van der Waals surface area contributed by atoms with Crippen molar-refractivity contribution in [1.82, 2.24) is 19.8 Å². The van der Waals surface area contributed by atoms with E-state index in [9.17, 15) is 9.59 Å². The fourth-order valence-corrected chi connectivity index (χ4v) is 2.44. The van der Waals surface area contributed by atoms with Gasteiger partial charge < -0.3 is 14.8 Å². The van der Waals surface area contributed by atoms with Gasteiger partial charge in [0.15, 0.2) is 0 Å². The first-order chi connectivity index (χ1) is 11.6. The van der Waals surface area contributed by atoms with Crippen LogP contribution in [-0.4, -0.2) is 39.4 Å². The molecule has 6 heteroatoms. The minimum atomic E-state index is -0.204. The van der Waals surface area contributed by atoms with Crippen LogP contribution < -0.4 is 5.32 Å². The predicted octanol–water partition coefficient (Wildman–Crippen LogP) is 1.52. The van der Waals surface area contributed by atoms with E-state index in [-0.39, 0.29) is 18.4 Å². The maximum Gasteiger partial charge on any atom is 0.242 e. The summed E-state index contributed by atoms with van der Waals surface area (Å²) in [6, 6.07) is 10.2. The second kappa shape index (κ2) is 8.86. The summed E-state index contributed by atoms with van der Waals surface area (Å²) in [5.41, 5.74) is 1.25. The van der Waals surface area contributed by atoms with Gasteiger partial charge in [-0.05, 0) is 18.4 Å². The number of aromatic nitrogens is 2. The van der Waals surface area contributed by atoms with Gasteiger partial charge in [0.05, 0.1) is 13.1 Å². The maximum absolute atomic E-state index is 12.4. The molecule has 6 nitrogen and oxygen atoms in total. The summed E-state index contributed by atoms with van der Waals surface area (Å²) in [6.07, 6.45) is 5.34. The van der Waals surface area contributed by atoms with E-state index >= 15 is 0 Å². The number of hydrogen-bond donors (Lipinski definition) is 1. The lowest BCUT2D eigenvalue weighted by atomic mass is 10.1. The molecular formula is C18H24N4O2. The van der Waals surface area contributed by atoms with Crippen molar-refractivity contribution in [3.05, 3.63) is 54.1 Å². The predicted molar refractivity (Wildman–Crippen MR) is 92.1 cm³/mol. The lowest BCUT2D eigenvalue weighted by Gasteiger charge is -2.22. The van der Waals surface area contributed by atoms with E-state index in [1.165, 1.54) is 12.5 Å². The standard InChI is InChI=1S/C18H24N4O2/c1-15(23)20-13-18(24)22(14-17-19-10-12-21(17)2)11-6-9-16-7-4-3-5-8-16/h3-5,7-8,10,12H,6,9,11,13-14H2,1-2H3,(H,20,23). The zero-order valence-corrected chi connectivity index (χ0v) is 14.2. The third-order valence-corrected chi connectivity index (χ3v) is 3.83. The Labute approximate surface area is 142 Å². The van der Waals surface area contributed by atoms with Crippen molar-refractivity contribution in [1.29, 1.82) is 0 Å². The molecule has 1 aromatic carbocycles. The van der Waals surface area contributed by atoms with E-state index < -0.39 is 0 Å². The zero-order chi connectivity index (χ0) is 17.4. The highest BCUT2D eigenvalue weighted by atomic mass is 16.2. The van der Waals surface area contributed by atoms with Gasteiger partial charge in [0, 0.05) is 32.9 Å². The van der Waals surface area contributed by atoms with Gasteiger partial charge in [-0.15, -0.1) is 0 Å².